The molecule has 0 spiro atoms. The number of rotatable bonds is 4. The summed E-state index contributed by atoms with van der Waals surface area (Å²) in [7, 11) is 0. The third kappa shape index (κ3) is 2.74. The number of hydrogen-bond acceptors (Lipinski definition) is 4. The minimum Gasteiger partial charge on any atom is -0.455 e. The number of nitrogens with zero attached hydrogens (tertiary/aromatic N) is 1. The van der Waals surface area contributed by atoms with Crippen LogP contribution in [0.25, 0.3) is 0 Å². The average Bonchev–Trinajstić information content (AvgIpc) is 3.18. The molecular weight excluding hydrogens is 254 g/mol. The van der Waals surface area contributed by atoms with E-state index >= 15 is 0 Å². The van der Waals surface area contributed by atoms with Crippen LogP contribution in [-0.4, -0.2) is 23.4 Å². The molecule has 1 aliphatic heterocycles. The molecule has 110 valence electrons. The van der Waals surface area contributed by atoms with E-state index in [0.717, 1.165) is 24.8 Å². The Labute approximate surface area is 119 Å². The summed E-state index contributed by atoms with van der Waals surface area (Å²) in [6.45, 7) is 1.94. The summed E-state index contributed by atoms with van der Waals surface area (Å²) in [6, 6.07) is 4.28. The van der Waals surface area contributed by atoms with Crippen molar-refractivity contribution >= 4 is 5.91 Å². The quantitative estimate of drug-likeness (QED) is 0.502. The Morgan fingerprint density at radius 2 is 2.10 bits per heavy atom. The van der Waals surface area contributed by atoms with E-state index in [2.05, 4.69) is 10.3 Å². The lowest BCUT2D eigenvalue weighted by atomic mass is 9.96. The van der Waals surface area contributed by atoms with Gasteiger partial charge in [-0.15, -0.1) is 0 Å². The van der Waals surface area contributed by atoms with Crippen LogP contribution in [0.5, 0.6) is 0 Å². The standard InChI is InChI=1S/C15H23N3O2/c16-17-15(19)14-8-7-12(20-14)10-18-9-3-6-13(18)11-4-1-2-5-11/h7-8,11,13H,1-6,9-10,16H2,(H,17,19). The van der Waals surface area contributed by atoms with Crippen LogP contribution in [0.3, 0.4) is 0 Å². The summed E-state index contributed by atoms with van der Waals surface area (Å²) >= 11 is 0. The molecule has 1 saturated carbocycles. The van der Waals surface area contributed by atoms with Gasteiger partial charge in [-0.05, 0) is 50.3 Å². The number of furan rings is 1. The molecule has 1 atom stereocenters. The summed E-state index contributed by atoms with van der Waals surface area (Å²) in [5, 5.41) is 0. The van der Waals surface area contributed by atoms with Gasteiger partial charge in [-0.1, -0.05) is 12.8 Å². The highest BCUT2D eigenvalue weighted by molar-refractivity contribution is 5.90. The van der Waals surface area contributed by atoms with E-state index in [4.69, 9.17) is 10.3 Å². The zero-order chi connectivity index (χ0) is 13.9. The fraction of sp³-hybridized carbons (Fsp3) is 0.667. The highest BCUT2D eigenvalue weighted by Gasteiger charge is 2.33. The highest BCUT2D eigenvalue weighted by Crippen LogP contribution is 2.36. The van der Waals surface area contributed by atoms with E-state index in [1.54, 1.807) is 6.07 Å². The molecule has 0 aromatic carbocycles. The molecule has 1 aliphatic carbocycles. The normalized spacial score (nSPS) is 24.4. The molecule has 5 nitrogen and oxygen atoms in total. The Balaban J connectivity index is 1.64. The van der Waals surface area contributed by atoms with Crippen molar-refractivity contribution in [3.8, 4) is 0 Å². The van der Waals surface area contributed by atoms with E-state index in [1.165, 1.54) is 38.5 Å². The van der Waals surface area contributed by atoms with Gasteiger partial charge in [0.2, 0.25) is 0 Å². The number of nitrogens with two attached hydrogens (primary N) is 1. The van der Waals surface area contributed by atoms with E-state index in [1.807, 2.05) is 6.07 Å². The fourth-order valence-corrected chi connectivity index (χ4v) is 3.78. The lowest BCUT2D eigenvalue weighted by molar-refractivity contribution is 0.0920. The van der Waals surface area contributed by atoms with E-state index in [-0.39, 0.29) is 5.91 Å². The van der Waals surface area contributed by atoms with Crippen molar-refractivity contribution < 1.29 is 9.21 Å². The summed E-state index contributed by atoms with van der Waals surface area (Å²) in [5.74, 6) is 6.75. The van der Waals surface area contributed by atoms with Gasteiger partial charge in [0.05, 0.1) is 6.54 Å². The molecule has 2 fully saturated rings. The predicted molar refractivity (Wildman–Crippen MR) is 75.8 cm³/mol. The first-order valence-electron chi connectivity index (χ1n) is 7.61. The number of amides is 1. The Kier molecular flexibility index (Phi) is 4.08. The smallest absolute Gasteiger partial charge is 0.300 e. The highest BCUT2D eigenvalue weighted by atomic mass is 16.4. The van der Waals surface area contributed by atoms with Gasteiger partial charge in [-0.2, -0.15) is 0 Å². The lowest BCUT2D eigenvalue weighted by Gasteiger charge is -2.28. The van der Waals surface area contributed by atoms with E-state index in [0.29, 0.717) is 11.8 Å². The van der Waals surface area contributed by atoms with Crippen LogP contribution in [0.4, 0.5) is 0 Å². The third-order valence-electron chi connectivity index (χ3n) is 4.73. The second-order valence-corrected chi connectivity index (χ2v) is 5.96. The summed E-state index contributed by atoms with van der Waals surface area (Å²) in [4.78, 5) is 13.9. The Hall–Kier alpha value is -1.33. The fourth-order valence-electron chi connectivity index (χ4n) is 3.78. The minimum absolute atomic E-state index is 0.291. The molecule has 1 saturated heterocycles. The molecule has 0 radical (unpaired) electrons. The molecular formula is C15H23N3O2. The average molecular weight is 277 g/mol. The number of carbonyl (C=O) groups excluding carboxylic acids is 1. The number of hydrazine groups is 1. The van der Waals surface area contributed by atoms with Crippen LogP contribution >= 0.6 is 0 Å². The third-order valence-corrected chi connectivity index (χ3v) is 4.73. The van der Waals surface area contributed by atoms with Gasteiger partial charge in [-0.25, -0.2) is 5.84 Å². The van der Waals surface area contributed by atoms with Crippen LogP contribution < -0.4 is 11.3 Å². The zero-order valence-corrected chi connectivity index (χ0v) is 11.8. The Morgan fingerprint density at radius 1 is 1.30 bits per heavy atom. The maximum absolute atomic E-state index is 11.4. The van der Waals surface area contributed by atoms with Gasteiger partial charge >= 0.3 is 5.91 Å². The first-order valence-corrected chi connectivity index (χ1v) is 7.61. The monoisotopic (exact) mass is 277 g/mol. The van der Waals surface area contributed by atoms with Crippen molar-refractivity contribution in [2.45, 2.75) is 51.1 Å². The first kappa shape index (κ1) is 13.6. The van der Waals surface area contributed by atoms with Crippen molar-refractivity contribution in [3.05, 3.63) is 23.7 Å². The maximum atomic E-state index is 11.4. The van der Waals surface area contributed by atoms with Gasteiger partial charge in [0.15, 0.2) is 5.76 Å². The van der Waals surface area contributed by atoms with Gasteiger partial charge in [0, 0.05) is 6.04 Å². The van der Waals surface area contributed by atoms with E-state index in [9.17, 15) is 4.79 Å². The second kappa shape index (κ2) is 5.97. The van der Waals surface area contributed by atoms with Gasteiger partial charge in [0.25, 0.3) is 0 Å². The number of hydrogen-bond donors (Lipinski definition) is 2. The largest absolute Gasteiger partial charge is 0.455 e. The van der Waals surface area contributed by atoms with Crippen LogP contribution in [-0.2, 0) is 6.54 Å². The van der Waals surface area contributed by atoms with Crippen LogP contribution in [0, 0.1) is 5.92 Å². The summed E-state index contributed by atoms with van der Waals surface area (Å²) in [6.07, 6.45) is 8.10. The van der Waals surface area contributed by atoms with Gasteiger partial charge in [-0.3, -0.25) is 15.1 Å². The van der Waals surface area contributed by atoms with Crippen molar-refractivity contribution in [2.24, 2.45) is 11.8 Å². The van der Waals surface area contributed by atoms with Crippen molar-refractivity contribution in [1.82, 2.24) is 10.3 Å². The molecule has 1 unspecified atom stereocenters. The first-order chi connectivity index (χ1) is 9.78. The minimum atomic E-state index is -0.370. The Morgan fingerprint density at radius 3 is 2.85 bits per heavy atom. The van der Waals surface area contributed by atoms with Crippen molar-refractivity contribution in [2.75, 3.05) is 6.54 Å². The summed E-state index contributed by atoms with van der Waals surface area (Å²) in [5.41, 5.74) is 2.10. The van der Waals surface area contributed by atoms with Gasteiger partial charge < -0.3 is 4.42 Å². The van der Waals surface area contributed by atoms with Crippen LogP contribution in [0.2, 0.25) is 0 Å². The molecule has 1 amide bonds. The number of nitrogens with one attached hydrogen (secondary N) is 1. The van der Waals surface area contributed by atoms with Crippen molar-refractivity contribution in [3.63, 3.8) is 0 Å². The number of carbonyl (C=O) groups is 1. The van der Waals surface area contributed by atoms with Gasteiger partial charge in [0.1, 0.15) is 5.76 Å². The second-order valence-electron chi connectivity index (χ2n) is 5.96. The molecule has 3 N–H and O–H groups in total. The number of nitrogen functional groups attached to an aromatic ring is 1. The lowest BCUT2D eigenvalue weighted by Crippen LogP contribution is -2.34. The Bertz CT molecular complexity index is 465. The van der Waals surface area contributed by atoms with Crippen LogP contribution in [0.1, 0.15) is 54.8 Å². The molecule has 5 heteroatoms. The predicted octanol–water partition coefficient (Wildman–Crippen LogP) is 2.04. The molecule has 2 aliphatic rings. The molecule has 1 aromatic rings. The van der Waals surface area contributed by atoms with E-state index < -0.39 is 0 Å². The molecule has 3 rings (SSSR count). The van der Waals surface area contributed by atoms with Crippen molar-refractivity contribution in [1.29, 1.82) is 0 Å². The maximum Gasteiger partial charge on any atom is 0.300 e. The summed E-state index contributed by atoms with van der Waals surface area (Å²) < 4.78 is 5.58. The molecule has 1 aromatic heterocycles. The van der Waals surface area contributed by atoms with Crippen LogP contribution in [0.15, 0.2) is 16.5 Å². The molecule has 2 heterocycles. The SMILES string of the molecule is NNC(=O)c1ccc(CN2CCCC2C2CCCC2)o1. The zero-order valence-electron chi connectivity index (χ0n) is 11.8. The molecule has 0 bridgehead atoms. The molecule has 20 heavy (non-hydrogen) atoms. The topological polar surface area (TPSA) is 71.5 Å². The number of likely N-dealkylation sites (tertiary alicyclic amines) is 1.